The van der Waals surface area contributed by atoms with E-state index in [-0.39, 0.29) is 23.7 Å². The van der Waals surface area contributed by atoms with Gasteiger partial charge in [-0.25, -0.2) is 4.98 Å². The van der Waals surface area contributed by atoms with Crippen LogP contribution in [0.15, 0.2) is 5.38 Å². The van der Waals surface area contributed by atoms with Crippen molar-refractivity contribution in [3.8, 4) is 0 Å². The molecule has 1 aromatic rings. The molecule has 1 amide bonds. The van der Waals surface area contributed by atoms with Crippen molar-refractivity contribution in [3.05, 3.63) is 11.1 Å². The average molecular weight is 353 g/mol. The lowest BCUT2D eigenvalue weighted by Crippen LogP contribution is -2.35. The van der Waals surface area contributed by atoms with E-state index in [1.807, 2.05) is 19.2 Å². The number of hydrogen-bond acceptors (Lipinski definition) is 4. The number of aromatic nitrogens is 1. The third kappa shape index (κ3) is 6.64. The van der Waals surface area contributed by atoms with E-state index in [0.29, 0.717) is 10.4 Å². The van der Waals surface area contributed by atoms with Crippen LogP contribution < -0.4 is 5.32 Å². The normalized spacial score (nSPS) is 12.9. The van der Waals surface area contributed by atoms with Gasteiger partial charge < -0.3 is 16.3 Å². The van der Waals surface area contributed by atoms with Gasteiger partial charge in [0.2, 0.25) is 5.91 Å². The van der Waals surface area contributed by atoms with Crippen molar-refractivity contribution in [3.63, 3.8) is 0 Å². The van der Waals surface area contributed by atoms with Gasteiger partial charge in [0.1, 0.15) is 0 Å². The fraction of sp³-hybridized carbons (Fsp3) is 0.733. The Balaban J connectivity index is -0.00000133. The molecular formula is C15H32N2O3S2. The molecule has 1 heterocycles. The molecule has 5 N–H and O–H groups in total. The Hall–Kier alpha value is -0.630. The number of amides is 1. The summed E-state index contributed by atoms with van der Waals surface area (Å²) < 4.78 is -0.441. The quantitative estimate of drug-likeness (QED) is 0.878. The maximum absolute atomic E-state index is 12.4. The number of carbonyl (C=O) groups is 1. The van der Waals surface area contributed by atoms with E-state index in [2.05, 4.69) is 44.9 Å². The van der Waals surface area contributed by atoms with E-state index in [1.165, 1.54) is 11.3 Å². The lowest BCUT2D eigenvalue weighted by atomic mass is 9.93. The molecule has 0 spiro atoms. The molecule has 22 heavy (non-hydrogen) atoms. The van der Waals surface area contributed by atoms with Crippen molar-refractivity contribution in [1.82, 2.24) is 4.98 Å². The van der Waals surface area contributed by atoms with Crippen LogP contribution in [0.4, 0.5) is 5.13 Å². The first-order valence-corrected chi connectivity index (χ1v) is 8.77. The lowest BCUT2D eigenvalue weighted by molar-refractivity contribution is -0.117. The van der Waals surface area contributed by atoms with Crippen molar-refractivity contribution in [2.75, 3.05) is 5.32 Å². The zero-order valence-electron chi connectivity index (χ0n) is 14.5. The molecule has 1 aromatic heterocycles. The van der Waals surface area contributed by atoms with E-state index in [9.17, 15) is 4.79 Å². The fourth-order valence-corrected chi connectivity index (χ4v) is 3.83. The predicted octanol–water partition coefficient (Wildman–Crippen LogP) is 3.29. The number of hydrogen-bond donors (Lipinski definition) is 1. The third-order valence-electron chi connectivity index (χ3n) is 3.11. The Labute approximate surface area is 143 Å². The van der Waals surface area contributed by atoms with Crippen LogP contribution in [0, 0.1) is 0 Å². The summed E-state index contributed by atoms with van der Waals surface area (Å²) in [6.45, 7) is 14.6. The van der Waals surface area contributed by atoms with Gasteiger partial charge in [-0.15, -0.1) is 23.1 Å². The van der Waals surface area contributed by atoms with Gasteiger partial charge in [0.15, 0.2) is 5.13 Å². The van der Waals surface area contributed by atoms with Crippen LogP contribution in [-0.2, 0) is 10.2 Å². The second-order valence-corrected chi connectivity index (χ2v) is 9.51. The minimum absolute atomic E-state index is 0. The number of thiazole rings is 1. The molecule has 5 nitrogen and oxygen atoms in total. The molecule has 0 fully saturated rings. The molecule has 1 unspecified atom stereocenters. The molecule has 0 saturated carbocycles. The second-order valence-electron chi connectivity index (χ2n) is 6.59. The van der Waals surface area contributed by atoms with Crippen LogP contribution in [0.25, 0.3) is 0 Å². The summed E-state index contributed by atoms with van der Waals surface area (Å²) >= 11 is 3.20. The van der Waals surface area contributed by atoms with E-state index in [4.69, 9.17) is 0 Å². The summed E-state index contributed by atoms with van der Waals surface area (Å²) in [5.41, 5.74) is 1.03. The Morgan fingerprint density at radius 2 is 1.91 bits per heavy atom. The van der Waals surface area contributed by atoms with Gasteiger partial charge in [0.05, 0.1) is 10.4 Å². The highest BCUT2D eigenvalue weighted by Crippen LogP contribution is 2.32. The molecule has 132 valence electrons. The van der Waals surface area contributed by atoms with Gasteiger partial charge in [-0.3, -0.25) is 4.79 Å². The topological polar surface area (TPSA) is 105 Å². The van der Waals surface area contributed by atoms with E-state index in [0.717, 1.165) is 12.1 Å². The molecule has 1 atom stereocenters. The van der Waals surface area contributed by atoms with Crippen LogP contribution in [0.5, 0.6) is 0 Å². The fourth-order valence-electron chi connectivity index (χ4n) is 1.56. The molecular weight excluding hydrogens is 320 g/mol. The Morgan fingerprint density at radius 3 is 2.32 bits per heavy atom. The van der Waals surface area contributed by atoms with Crippen molar-refractivity contribution in [2.24, 2.45) is 0 Å². The first-order chi connectivity index (χ1) is 9.06. The zero-order valence-corrected chi connectivity index (χ0v) is 16.2. The second kappa shape index (κ2) is 8.86. The SMILES string of the molecule is CCC(C)SC(C)(C)C(=O)Nc1nc(C(C)(C)C)cs1.O.O.[HH]. The van der Waals surface area contributed by atoms with Gasteiger partial charge in [-0.05, 0) is 20.3 Å². The molecule has 0 saturated heterocycles. The molecule has 1 rings (SSSR count). The maximum Gasteiger partial charge on any atom is 0.241 e. The molecule has 0 radical (unpaired) electrons. The summed E-state index contributed by atoms with van der Waals surface area (Å²) in [7, 11) is 0. The minimum atomic E-state index is -0.441. The number of nitrogens with one attached hydrogen (secondary N) is 1. The summed E-state index contributed by atoms with van der Waals surface area (Å²) in [4.78, 5) is 16.9. The van der Waals surface area contributed by atoms with Gasteiger partial charge in [0, 0.05) is 17.5 Å². The monoisotopic (exact) mass is 352 g/mol. The van der Waals surface area contributed by atoms with E-state index in [1.54, 1.807) is 11.8 Å². The molecule has 0 bridgehead atoms. The lowest BCUT2D eigenvalue weighted by Gasteiger charge is -2.25. The highest BCUT2D eigenvalue weighted by molar-refractivity contribution is 8.01. The number of carbonyl (C=O) groups excluding carboxylic acids is 1. The highest BCUT2D eigenvalue weighted by atomic mass is 32.2. The standard InChI is InChI=1S/C15H26N2OS2.2H2O.H2/c1-8-10(2)20-15(6,7)12(18)17-13-16-11(9-19-13)14(3,4)5;;;/h9-10H,8H2,1-7H3,(H,16,17,18);2*1H2;1H. The minimum Gasteiger partial charge on any atom is -0.412 e. The van der Waals surface area contributed by atoms with E-state index < -0.39 is 4.75 Å². The molecule has 0 aliphatic rings. The summed E-state index contributed by atoms with van der Waals surface area (Å²) in [6.07, 6.45) is 1.06. The predicted molar refractivity (Wildman–Crippen MR) is 100 cm³/mol. The zero-order chi connectivity index (χ0) is 15.6. The molecule has 7 heteroatoms. The van der Waals surface area contributed by atoms with Crippen molar-refractivity contribution in [1.29, 1.82) is 0 Å². The molecule has 0 aromatic carbocycles. The van der Waals surface area contributed by atoms with Crippen LogP contribution in [0.3, 0.4) is 0 Å². The first kappa shape index (κ1) is 23.6. The number of nitrogens with zero attached hydrogens (tertiary/aromatic N) is 1. The third-order valence-corrected chi connectivity index (χ3v) is 5.38. The number of anilines is 1. The van der Waals surface area contributed by atoms with E-state index >= 15 is 0 Å². The van der Waals surface area contributed by atoms with Crippen LogP contribution in [-0.4, -0.2) is 31.8 Å². The summed E-state index contributed by atoms with van der Waals surface area (Å²) in [5, 5.41) is 6.13. The Kier molecular flexibility index (Phi) is 9.52. The molecule has 0 aliphatic carbocycles. The van der Waals surface area contributed by atoms with Gasteiger partial charge in [-0.1, -0.05) is 34.6 Å². The largest absolute Gasteiger partial charge is 0.412 e. The summed E-state index contributed by atoms with van der Waals surface area (Å²) in [5.74, 6) is 0.0256. The Bertz CT molecular complexity index is 474. The van der Waals surface area contributed by atoms with Crippen molar-refractivity contribution >= 4 is 34.1 Å². The highest BCUT2D eigenvalue weighted by Gasteiger charge is 2.31. The number of thioether (sulfide) groups is 1. The first-order valence-electron chi connectivity index (χ1n) is 7.01. The van der Waals surface area contributed by atoms with Gasteiger partial charge in [0.25, 0.3) is 0 Å². The van der Waals surface area contributed by atoms with Crippen molar-refractivity contribution in [2.45, 2.75) is 70.3 Å². The van der Waals surface area contributed by atoms with Crippen LogP contribution in [0.1, 0.15) is 62.0 Å². The summed E-state index contributed by atoms with van der Waals surface area (Å²) in [6, 6.07) is 0. The van der Waals surface area contributed by atoms with Crippen molar-refractivity contribution < 1.29 is 17.2 Å². The molecule has 0 aliphatic heterocycles. The average Bonchev–Trinajstić information content (AvgIpc) is 2.76. The van der Waals surface area contributed by atoms with Crippen LogP contribution in [0.2, 0.25) is 0 Å². The van der Waals surface area contributed by atoms with Crippen LogP contribution >= 0.6 is 23.1 Å². The Morgan fingerprint density at radius 1 is 1.36 bits per heavy atom. The number of rotatable bonds is 5. The smallest absolute Gasteiger partial charge is 0.241 e. The van der Waals surface area contributed by atoms with Gasteiger partial charge in [-0.2, -0.15) is 0 Å². The maximum atomic E-state index is 12.4. The van der Waals surface area contributed by atoms with Gasteiger partial charge >= 0.3 is 0 Å².